The molecule has 0 amide bonds. The third-order valence-electron chi connectivity index (χ3n) is 2.27. The zero-order valence-corrected chi connectivity index (χ0v) is 7.70. The molecule has 0 bridgehead atoms. The highest BCUT2D eigenvalue weighted by atomic mass is 16.5. The quantitative estimate of drug-likeness (QED) is 0.733. The van der Waals surface area contributed by atoms with E-state index >= 15 is 0 Å². The van der Waals surface area contributed by atoms with Crippen LogP contribution in [0.4, 0.5) is 0 Å². The molecule has 0 spiro atoms. The monoisotopic (exact) mass is 181 g/mol. The van der Waals surface area contributed by atoms with Gasteiger partial charge in [-0.2, -0.15) is 4.98 Å². The van der Waals surface area contributed by atoms with Crippen molar-refractivity contribution in [3.63, 3.8) is 0 Å². The summed E-state index contributed by atoms with van der Waals surface area (Å²) in [7, 11) is 0. The van der Waals surface area contributed by atoms with Crippen molar-refractivity contribution >= 4 is 0 Å². The lowest BCUT2D eigenvalue weighted by molar-refractivity contribution is 0.370. The van der Waals surface area contributed by atoms with Gasteiger partial charge in [-0.15, -0.1) is 0 Å². The Labute approximate surface area is 77.5 Å². The maximum absolute atomic E-state index is 5.38. The second-order valence-corrected chi connectivity index (χ2v) is 3.64. The van der Waals surface area contributed by atoms with Crippen LogP contribution in [-0.2, 0) is 12.8 Å². The highest BCUT2D eigenvalue weighted by molar-refractivity contribution is 4.92. The topological polar surface area (TPSA) is 64.9 Å². The molecule has 72 valence electrons. The first-order chi connectivity index (χ1) is 6.38. The third kappa shape index (κ3) is 2.52. The van der Waals surface area contributed by atoms with E-state index in [-0.39, 0.29) is 0 Å². The zero-order valence-electron chi connectivity index (χ0n) is 7.70. The van der Waals surface area contributed by atoms with Gasteiger partial charge in [-0.05, 0) is 31.7 Å². The summed E-state index contributed by atoms with van der Waals surface area (Å²) in [6.45, 7) is 0.681. The van der Waals surface area contributed by atoms with E-state index in [1.807, 2.05) is 0 Å². The van der Waals surface area contributed by atoms with Crippen molar-refractivity contribution in [1.82, 2.24) is 10.1 Å². The number of aryl methyl sites for hydroxylation is 1. The second-order valence-electron chi connectivity index (χ2n) is 3.64. The lowest BCUT2D eigenvalue weighted by Crippen LogP contribution is -2.00. The molecule has 13 heavy (non-hydrogen) atoms. The second kappa shape index (κ2) is 3.87. The van der Waals surface area contributed by atoms with Crippen LogP contribution < -0.4 is 5.73 Å². The summed E-state index contributed by atoms with van der Waals surface area (Å²) in [6.07, 6.45) is 5.38. The van der Waals surface area contributed by atoms with Crippen LogP contribution in [0.15, 0.2) is 4.52 Å². The van der Waals surface area contributed by atoms with Crippen molar-refractivity contribution in [2.45, 2.75) is 32.1 Å². The van der Waals surface area contributed by atoms with Gasteiger partial charge in [0, 0.05) is 12.8 Å². The van der Waals surface area contributed by atoms with E-state index in [1.54, 1.807) is 0 Å². The third-order valence-corrected chi connectivity index (χ3v) is 2.27. The molecule has 4 heteroatoms. The molecule has 1 aliphatic rings. The van der Waals surface area contributed by atoms with Gasteiger partial charge in [0.1, 0.15) is 0 Å². The molecule has 2 N–H and O–H groups in total. The predicted octanol–water partition coefficient (Wildman–Crippen LogP) is 0.913. The van der Waals surface area contributed by atoms with Gasteiger partial charge in [0.2, 0.25) is 5.89 Å². The van der Waals surface area contributed by atoms with Crippen molar-refractivity contribution in [3.8, 4) is 0 Å². The fourth-order valence-electron chi connectivity index (χ4n) is 1.31. The van der Waals surface area contributed by atoms with E-state index in [0.717, 1.165) is 36.9 Å². The van der Waals surface area contributed by atoms with Crippen LogP contribution in [0.2, 0.25) is 0 Å². The van der Waals surface area contributed by atoms with Crippen molar-refractivity contribution in [3.05, 3.63) is 11.7 Å². The first-order valence-corrected chi connectivity index (χ1v) is 4.90. The minimum absolute atomic E-state index is 0.681. The summed E-state index contributed by atoms with van der Waals surface area (Å²) in [5.74, 6) is 2.43. The van der Waals surface area contributed by atoms with Gasteiger partial charge in [-0.1, -0.05) is 5.16 Å². The lowest BCUT2D eigenvalue weighted by atomic mass is 10.3. The average molecular weight is 181 g/mol. The molecule has 0 aliphatic heterocycles. The molecule has 1 aliphatic carbocycles. The summed E-state index contributed by atoms with van der Waals surface area (Å²) in [6, 6.07) is 0. The van der Waals surface area contributed by atoms with Crippen LogP contribution in [0.5, 0.6) is 0 Å². The minimum Gasteiger partial charge on any atom is -0.339 e. The SMILES string of the molecule is NCCCc1nc(CC2CC2)no1. The highest BCUT2D eigenvalue weighted by Crippen LogP contribution is 2.31. The molecule has 0 unspecified atom stereocenters. The number of hydrogen-bond donors (Lipinski definition) is 1. The summed E-state index contributed by atoms with van der Waals surface area (Å²) in [5.41, 5.74) is 5.38. The maximum atomic E-state index is 5.38. The number of rotatable bonds is 5. The van der Waals surface area contributed by atoms with E-state index in [2.05, 4.69) is 10.1 Å². The average Bonchev–Trinajstić information content (AvgIpc) is 2.81. The molecule has 2 rings (SSSR count). The van der Waals surface area contributed by atoms with Gasteiger partial charge in [0.15, 0.2) is 5.82 Å². The van der Waals surface area contributed by atoms with Crippen LogP contribution in [0, 0.1) is 5.92 Å². The van der Waals surface area contributed by atoms with Crippen LogP contribution in [0.3, 0.4) is 0 Å². The van der Waals surface area contributed by atoms with E-state index in [1.165, 1.54) is 12.8 Å². The first-order valence-electron chi connectivity index (χ1n) is 4.90. The van der Waals surface area contributed by atoms with Gasteiger partial charge in [0.05, 0.1) is 0 Å². The molecule has 1 aromatic rings. The van der Waals surface area contributed by atoms with Crippen molar-refractivity contribution < 1.29 is 4.52 Å². The Morgan fingerprint density at radius 1 is 1.46 bits per heavy atom. The Kier molecular flexibility index (Phi) is 2.59. The fourth-order valence-corrected chi connectivity index (χ4v) is 1.31. The van der Waals surface area contributed by atoms with E-state index in [0.29, 0.717) is 6.54 Å². The first kappa shape index (κ1) is 8.69. The molecule has 1 aromatic heterocycles. The number of nitrogens with two attached hydrogens (primary N) is 1. The smallest absolute Gasteiger partial charge is 0.226 e. The van der Waals surface area contributed by atoms with Crippen LogP contribution in [0.25, 0.3) is 0 Å². The molecule has 0 aromatic carbocycles. The molecule has 1 fully saturated rings. The summed E-state index contributed by atoms with van der Waals surface area (Å²) < 4.78 is 5.08. The van der Waals surface area contributed by atoms with E-state index < -0.39 is 0 Å². The largest absolute Gasteiger partial charge is 0.339 e. The van der Waals surface area contributed by atoms with Crippen LogP contribution >= 0.6 is 0 Å². The molecule has 1 saturated carbocycles. The normalized spacial score (nSPS) is 16.4. The predicted molar refractivity (Wildman–Crippen MR) is 48.1 cm³/mol. The molecular weight excluding hydrogens is 166 g/mol. The molecule has 1 heterocycles. The molecule has 0 saturated heterocycles. The summed E-state index contributed by atoms with van der Waals surface area (Å²) in [4.78, 5) is 4.29. The Bertz CT molecular complexity index is 268. The van der Waals surface area contributed by atoms with Gasteiger partial charge in [-0.25, -0.2) is 0 Å². The van der Waals surface area contributed by atoms with Crippen molar-refractivity contribution in [2.24, 2.45) is 11.7 Å². The van der Waals surface area contributed by atoms with Gasteiger partial charge < -0.3 is 10.3 Å². The van der Waals surface area contributed by atoms with Gasteiger partial charge in [0.25, 0.3) is 0 Å². The van der Waals surface area contributed by atoms with E-state index in [9.17, 15) is 0 Å². The number of hydrogen-bond acceptors (Lipinski definition) is 4. The number of aromatic nitrogens is 2. The molecule has 4 nitrogen and oxygen atoms in total. The Hall–Kier alpha value is -0.900. The van der Waals surface area contributed by atoms with E-state index in [4.69, 9.17) is 10.3 Å². The summed E-state index contributed by atoms with van der Waals surface area (Å²) in [5, 5.41) is 3.92. The van der Waals surface area contributed by atoms with Crippen LogP contribution in [0.1, 0.15) is 31.0 Å². The lowest BCUT2D eigenvalue weighted by Gasteiger charge is -1.88. The van der Waals surface area contributed by atoms with Gasteiger partial charge >= 0.3 is 0 Å². The molecule has 0 radical (unpaired) electrons. The Balaban J connectivity index is 1.84. The number of nitrogens with zero attached hydrogens (tertiary/aromatic N) is 2. The highest BCUT2D eigenvalue weighted by Gasteiger charge is 2.23. The van der Waals surface area contributed by atoms with Gasteiger partial charge in [-0.3, -0.25) is 0 Å². The summed E-state index contributed by atoms with van der Waals surface area (Å²) >= 11 is 0. The standard InChI is InChI=1S/C9H15N3O/c10-5-1-2-9-11-8(12-13-9)6-7-3-4-7/h7H,1-6,10H2. The molecular formula is C9H15N3O. The maximum Gasteiger partial charge on any atom is 0.226 e. The van der Waals surface area contributed by atoms with Crippen LogP contribution in [-0.4, -0.2) is 16.7 Å². The van der Waals surface area contributed by atoms with Crippen molar-refractivity contribution in [2.75, 3.05) is 6.54 Å². The Morgan fingerprint density at radius 3 is 3.00 bits per heavy atom. The molecule has 0 atom stereocenters. The zero-order chi connectivity index (χ0) is 9.10. The van der Waals surface area contributed by atoms with Crippen molar-refractivity contribution in [1.29, 1.82) is 0 Å². The Morgan fingerprint density at radius 2 is 2.31 bits per heavy atom. The fraction of sp³-hybridized carbons (Fsp3) is 0.778. The minimum atomic E-state index is 0.681.